The summed E-state index contributed by atoms with van der Waals surface area (Å²) in [6.07, 6.45) is 4.82. The van der Waals surface area contributed by atoms with Crippen LogP contribution in [0.15, 0.2) is 29.2 Å². The number of hydrogen-bond donors (Lipinski definition) is 2. The summed E-state index contributed by atoms with van der Waals surface area (Å²) in [6.45, 7) is 4.26. The fourth-order valence-electron chi connectivity index (χ4n) is 4.40. The Balaban J connectivity index is 1.56. The number of amides is 3. The molecule has 1 aromatic rings. The van der Waals surface area contributed by atoms with E-state index in [-0.39, 0.29) is 28.3 Å². The molecule has 2 N–H and O–H groups in total. The molecule has 176 valence electrons. The van der Waals surface area contributed by atoms with E-state index in [4.69, 9.17) is 4.74 Å². The number of esters is 1. The molecule has 2 fully saturated rings. The van der Waals surface area contributed by atoms with Gasteiger partial charge >= 0.3 is 12.0 Å². The largest absolute Gasteiger partial charge is 0.452 e. The molecule has 10 heteroatoms. The number of piperidine rings is 1. The number of hydrogen-bond acceptors (Lipinski definition) is 6. The van der Waals surface area contributed by atoms with Gasteiger partial charge < -0.3 is 10.1 Å². The van der Waals surface area contributed by atoms with Crippen molar-refractivity contribution in [3.8, 4) is 0 Å². The maximum absolute atomic E-state index is 13.0. The number of sulfonamides is 1. The van der Waals surface area contributed by atoms with E-state index < -0.39 is 34.5 Å². The van der Waals surface area contributed by atoms with Gasteiger partial charge in [-0.1, -0.05) is 32.8 Å². The third-order valence-corrected chi connectivity index (χ3v) is 7.65. The predicted molar refractivity (Wildman–Crippen MR) is 117 cm³/mol. The molecule has 9 nitrogen and oxygen atoms in total. The molecule has 1 aliphatic carbocycles. The molecule has 2 unspecified atom stereocenters. The Hall–Kier alpha value is -2.46. The van der Waals surface area contributed by atoms with Gasteiger partial charge in [-0.25, -0.2) is 18.0 Å². The van der Waals surface area contributed by atoms with E-state index in [0.29, 0.717) is 13.1 Å². The van der Waals surface area contributed by atoms with Gasteiger partial charge in [-0.15, -0.1) is 0 Å². The van der Waals surface area contributed by atoms with E-state index in [2.05, 4.69) is 10.6 Å². The van der Waals surface area contributed by atoms with Crippen molar-refractivity contribution in [2.45, 2.75) is 56.9 Å². The van der Waals surface area contributed by atoms with Crippen LogP contribution in [-0.2, 0) is 19.6 Å². The van der Waals surface area contributed by atoms with Gasteiger partial charge in [0.2, 0.25) is 10.0 Å². The standard InChI is InChI=1S/C22H31N3O6S/c1-15-10-16(2)13-25(12-15)32(29,30)19-9-5-6-17(11-19)21(27)31-14-20(26)24-22(28)23-18-7-3-4-8-18/h5-6,9,11,15-16,18H,3-4,7-8,10,12-14H2,1-2H3,(H2,23,24,26,28). The molecule has 1 saturated heterocycles. The lowest BCUT2D eigenvalue weighted by Crippen LogP contribution is -2.45. The predicted octanol–water partition coefficient (Wildman–Crippen LogP) is 2.28. The van der Waals surface area contributed by atoms with Gasteiger partial charge in [0.1, 0.15) is 0 Å². The molecule has 3 amide bonds. The third-order valence-electron chi connectivity index (χ3n) is 5.82. The number of imide groups is 1. The highest BCUT2D eigenvalue weighted by molar-refractivity contribution is 7.89. The van der Waals surface area contributed by atoms with Gasteiger partial charge in [0, 0.05) is 19.1 Å². The molecule has 0 spiro atoms. The SMILES string of the molecule is CC1CC(C)CN(S(=O)(=O)c2cccc(C(=O)OCC(=O)NC(=O)NC3CCCC3)c2)C1. The second-order valence-corrected chi connectivity index (χ2v) is 10.8. The summed E-state index contributed by atoms with van der Waals surface area (Å²) >= 11 is 0. The highest BCUT2D eigenvalue weighted by Crippen LogP contribution is 2.27. The molecule has 0 bridgehead atoms. The van der Waals surface area contributed by atoms with E-state index in [1.54, 1.807) is 0 Å². The summed E-state index contributed by atoms with van der Waals surface area (Å²) in [5, 5.41) is 4.84. The normalized spacial score (nSPS) is 22.3. The molecule has 1 saturated carbocycles. The molecule has 2 atom stereocenters. The summed E-state index contributed by atoms with van der Waals surface area (Å²) in [5.41, 5.74) is 0.0207. The van der Waals surface area contributed by atoms with Crippen LogP contribution in [-0.4, -0.2) is 56.4 Å². The molecule has 32 heavy (non-hydrogen) atoms. The molecule has 1 heterocycles. The second-order valence-electron chi connectivity index (χ2n) is 8.88. The minimum absolute atomic E-state index is 0.00800. The molecular formula is C22H31N3O6S. The number of rotatable bonds is 6. The van der Waals surface area contributed by atoms with E-state index in [1.807, 2.05) is 13.8 Å². The Labute approximate surface area is 188 Å². The van der Waals surface area contributed by atoms with Gasteiger partial charge in [-0.3, -0.25) is 10.1 Å². The van der Waals surface area contributed by atoms with Gasteiger partial charge in [0.05, 0.1) is 10.5 Å². The number of carbonyl (C=O) groups is 3. The molecule has 3 rings (SSSR count). The average Bonchev–Trinajstić information content (AvgIpc) is 3.24. The van der Waals surface area contributed by atoms with Crippen molar-refractivity contribution in [2.24, 2.45) is 11.8 Å². The maximum Gasteiger partial charge on any atom is 0.338 e. The smallest absolute Gasteiger partial charge is 0.338 e. The Morgan fingerprint density at radius 2 is 1.75 bits per heavy atom. The zero-order valence-electron chi connectivity index (χ0n) is 18.5. The van der Waals surface area contributed by atoms with Crippen LogP contribution in [0.1, 0.15) is 56.3 Å². The van der Waals surface area contributed by atoms with E-state index >= 15 is 0 Å². The van der Waals surface area contributed by atoms with Crippen molar-refractivity contribution in [3.05, 3.63) is 29.8 Å². The minimum Gasteiger partial charge on any atom is -0.452 e. The van der Waals surface area contributed by atoms with Gasteiger partial charge in [-0.05, 0) is 49.3 Å². The molecular weight excluding hydrogens is 434 g/mol. The Morgan fingerprint density at radius 3 is 2.41 bits per heavy atom. The van der Waals surface area contributed by atoms with Crippen LogP contribution < -0.4 is 10.6 Å². The van der Waals surface area contributed by atoms with Gasteiger partial charge in [0.15, 0.2) is 6.61 Å². The zero-order chi connectivity index (χ0) is 23.3. The zero-order valence-corrected chi connectivity index (χ0v) is 19.3. The van der Waals surface area contributed by atoms with Crippen LogP contribution in [0.5, 0.6) is 0 Å². The van der Waals surface area contributed by atoms with Crippen molar-refractivity contribution in [2.75, 3.05) is 19.7 Å². The maximum atomic E-state index is 13.0. The first-order valence-corrected chi connectivity index (χ1v) is 12.5. The van der Waals surface area contributed by atoms with Gasteiger partial charge in [-0.2, -0.15) is 4.31 Å². The second kappa shape index (κ2) is 10.4. The Morgan fingerprint density at radius 1 is 1.09 bits per heavy atom. The summed E-state index contributed by atoms with van der Waals surface area (Å²) in [5.74, 6) is -1.08. The van der Waals surface area contributed by atoms with Crippen molar-refractivity contribution in [1.82, 2.24) is 14.9 Å². The van der Waals surface area contributed by atoms with Crippen molar-refractivity contribution in [3.63, 3.8) is 0 Å². The van der Waals surface area contributed by atoms with Crippen molar-refractivity contribution < 1.29 is 27.5 Å². The lowest BCUT2D eigenvalue weighted by atomic mass is 9.94. The first-order chi connectivity index (χ1) is 15.1. The van der Waals surface area contributed by atoms with E-state index in [1.165, 1.54) is 28.6 Å². The summed E-state index contributed by atoms with van der Waals surface area (Å²) in [6, 6.07) is 5.03. The summed E-state index contributed by atoms with van der Waals surface area (Å²) in [7, 11) is -3.75. The van der Waals surface area contributed by atoms with Crippen LogP contribution in [0.3, 0.4) is 0 Å². The van der Waals surface area contributed by atoms with Crippen LogP contribution in [0.2, 0.25) is 0 Å². The topological polar surface area (TPSA) is 122 Å². The van der Waals surface area contributed by atoms with Crippen LogP contribution in [0, 0.1) is 11.8 Å². The first kappa shape index (κ1) is 24.2. The van der Waals surface area contributed by atoms with Crippen LogP contribution in [0.4, 0.5) is 4.79 Å². The van der Waals surface area contributed by atoms with Crippen LogP contribution >= 0.6 is 0 Å². The minimum atomic E-state index is -3.75. The summed E-state index contributed by atoms with van der Waals surface area (Å²) in [4.78, 5) is 36.1. The highest BCUT2D eigenvalue weighted by Gasteiger charge is 2.32. The number of ether oxygens (including phenoxy) is 1. The average molecular weight is 466 g/mol. The Kier molecular flexibility index (Phi) is 7.89. The lowest BCUT2D eigenvalue weighted by molar-refractivity contribution is -0.123. The first-order valence-electron chi connectivity index (χ1n) is 11.0. The molecule has 1 aliphatic heterocycles. The summed E-state index contributed by atoms with van der Waals surface area (Å²) < 4.78 is 32.5. The molecule has 0 radical (unpaired) electrons. The van der Waals surface area contributed by atoms with Crippen molar-refractivity contribution in [1.29, 1.82) is 0 Å². The third kappa shape index (κ3) is 6.29. The molecule has 1 aromatic carbocycles. The quantitative estimate of drug-likeness (QED) is 0.622. The Bertz CT molecular complexity index is 948. The van der Waals surface area contributed by atoms with Crippen LogP contribution in [0.25, 0.3) is 0 Å². The highest BCUT2D eigenvalue weighted by atomic mass is 32.2. The number of nitrogens with zero attached hydrogens (tertiary/aromatic N) is 1. The van der Waals surface area contributed by atoms with E-state index in [9.17, 15) is 22.8 Å². The van der Waals surface area contributed by atoms with Crippen molar-refractivity contribution >= 4 is 27.9 Å². The van der Waals surface area contributed by atoms with Gasteiger partial charge in [0.25, 0.3) is 5.91 Å². The number of urea groups is 1. The number of nitrogens with one attached hydrogen (secondary N) is 2. The van der Waals surface area contributed by atoms with E-state index in [0.717, 1.165) is 32.1 Å². The number of carbonyl (C=O) groups excluding carboxylic acids is 3. The molecule has 2 aliphatic rings. The number of benzene rings is 1. The fourth-order valence-corrected chi connectivity index (χ4v) is 6.13. The molecule has 0 aromatic heterocycles. The lowest BCUT2D eigenvalue weighted by Gasteiger charge is -2.34. The fraction of sp³-hybridized carbons (Fsp3) is 0.591. The monoisotopic (exact) mass is 465 g/mol.